The molecule has 0 aliphatic carbocycles. The van der Waals surface area contributed by atoms with Crippen molar-refractivity contribution >= 4 is 68.1 Å². The zero-order valence-electron chi connectivity index (χ0n) is 12.7. The van der Waals surface area contributed by atoms with Crippen LogP contribution in [0.4, 0.5) is 11.6 Å². The number of nitrogens with one attached hydrogen (secondary N) is 2. The lowest BCUT2D eigenvalue weighted by molar-refractivity contribution is 0.687. The Morgan fingerprint density at radius 3 is 2.60 bits per heavy atom. The summed E-state index contributed by atoms with van der Waals surface area (Å²) in [5.41, 5.74) is 1.77. The molecule has 3 aromatic rings. The number of nitrogens with zero attached hydrogens (tertiary/aromatic N) is 3. The van der Waals surface area contributed by atoms with Crippen LogP contribution < -0.4 is 10.6 Å². The first kappa shape index (κ1) is 18.1. The van der Waals surface area contributed by atoms with Gasteiger partial charge in [0.05, 0.1) is 17.3 Å². The lowest BCUT2D eigenvalue weighted by Gasteiger charge is -2.09. The molecule has 0 spiro atoms. The summed E-state index contributed by atoms with van der Waals surface area (Å²) < 4.78 is 2.60. The second-order valence-electron chi connectivity index (χ2n) is 5.10. The van der Waals surface area contributed by atoms with Gasteiger partial charge in [0.1, 0.15) is 6.33 Å². The second kappa shape index (κ2) is 8.14. The maximum atomic E-state index is 6.16. The zero-order chi connectivity index (χ0) is 17.8. The van der Waals surface area contributed by atoms with Crippen molar-refractivity contribution in [2.45, 2.75) is 6.54 Å². The highest BCUT2D eigenvalue weighted by atomic mass is 79.9. The Kier molecular flexibility index (Phi) is 5.90. The third-order valence-corrected chi connectivity index (χ3v) is 4.46. The van der Waals surface area contributed by atoms with E-state index in [2.05, 4.69) is 36.6 Å². The summed E-state index contributed by atoms with van der Waals surface area (Å²) in [6.45, 7) is 0.588. The number of anilines is 2. The van der Waals surface area contributed by atoms with Crippen LogP contribution in [0.5, 0.6) is 0 Å². The van der Waals surface area contributed by atoms with E-state index in [0.717, 1.165) is 10.0 Å². The fraction of sp³-hybridized carbons (Fsp3) is 0.0625. The predicted octanol–water partition coefficient (Wildman–Crippen LogP) is 5.20. The van der Waals surface area contributed by atoms with E-state index in [1.165, 1.54) is 0 Å². The third-order valence-electron chi connectivity index (χ3n) is 3.20. The summed E-state index contributed by atoms with van der Waals surface area (Å²) in [6.07, 6.45) is 1.63. The smallest absolute Gasteiger partial charge is 0.248 e. The van der Waals surface area contributed by atoms with Gasteiger partial charge in [0, 0.05) is 9.50 Å². The molecule has 0 aliphatic heterocycles. The molecule has 1 heterocycles. The van der Waals surface area contributed by atoms with Gasteiger partial charge in [0.15, 0.2) is 5.11 Å². The predicted molar refractivity (Wildman–Crippen MR) is 110 cm³/mol. The maximum Gasteiger partial charge on any atom is 0.248 e. The molecule has 0 fully saturated rings. The normalized spacial score (nSPS) is 10.5. The average Bonchev–Trinajstić information content (AvgIpc) is 2.99. The Bertz CT molecular complexity index is 898. The highest BCUT2D eigenvalue weighted by Crippen LogP contribution is 2.25. The number of hydrogen-bond acceptors (Lipinski definition) is 3. The average molecular weight is 457 g/mol. The molecule has 128 valence electrons. The van der Waals surface area contributed by atoms with Gasteiger partial charge in [0.25, 0.3) is 0 Å². The minimum absolute atomic E-state index is 0.355. The number of aromatic nitrogens is 3. The van der Waals surface area contributed by atoms with Crippen LogP contribution in [-0.2, 0) is 6.54 Å². The van der Waals surface area contributed by atoms with Crippen molar-refractivity contribution in [2.24, 2.45) is 0 Å². The molecule has 0 atom stereocenters. The fourth-order valence-electron chi connectivity index (χ4n) is 2.05. The van der Waals surface area contributed by atoms with Crippen molar-refractivity contribution in [1.82, 2.24) is 14.8 Å². The number of benzene rings is 2. The van der Waals surface area contributed by atoms with Crippen LogP contribution in [0.3, 0.4) is 0 Å². The monoisotopic (exact) mass is 455 g/mol. The van der Waals surface area contributed by atoms with E-state index < -0.39 is 0 Å². The molecule has 0 bridgehead atoms. The topological polar surface area (TPSA) is 54.8 Å². The molecule has 2 aromatic carbocycles. The van der Waals surface area contributed by atoms with Gasteiger partial charge >= 0.3 is 0 Å². The zero-order valence-corrected chi connectivity index (χ0v) is 16.6. The van der Waals surface area contributed by atoms with Crippen LogP contribution in [-0.4, -0.2) is 19.9 Å². The third kappa shape index (κ3) is 5.15. The molecule has 9 heteroatoms. The molecule has 1 aromatic heterocycles. The SMILES string of the molecule is S=C(Nc1ncn(Cc2ccc(Cl)cc2)n1)Nc1ccc(Br)cc1Cl. The Morgan fingerprint density at radius 1 is 1.12 bits per heavy atom. The first-order valence-corrected chi connectivity index (χ1v) is 9.12. The number of rotatable bonds is 4. The van der Waals surface area contributed by atoms with Crippen LogP contribution in [0.25, 0.3) is 0 Å². The molecule has 0 saturated carbocycles. The first-order chi connectivity index (χ1) is 12.0. The summed E-state index contributed by atoms with van der Waals surface area (Å²) in [5, 5.41) is 11.9. The molecule has 2 N–H and O–H groups in total. The van der Waals surface area contributed by atoms with E-state index in [0.29, 0.717) is 33.3 Å². The van der Waals surface area contributed by atoms with E-state index in [-0.39, 0.29) is 0 Å². The fourth-order valence-corrected chi connectivity index (χ4v) is 3.10. The molecule has 0 unspecified atom stereocenters. The van der Waals surface area contributed by atoms with Gasteiger partial charge in [0.2, 0.25) is 5.95 Å². The molecule has 0 radical (unpaired) electrons. The van der Waals surface area contributed by atoms with Crippen LogP contribution in [0.15, 0.2) is 53.3 Å². The molecular weight excluding hydrogens is 445 g/mol. The van der Waals surface area contributed by atoms with Crippen molar-refractivity contribution in [3.63, 3.8) is 0 Å². The standard InChI is InChI=1S/C16H12BrCl2N5S/c17-11-3-6-14(13(19)7-11)21-16(25)22-15-20-9-24(23-15)8-10-1-4-12(18)5-2-10/h1-7,9H,8H2,(H2,21,22,23,25). The van der Waals surface area contributed by atoms with Crippen molar-refractivity contribution in [3.05, 3.63) is 68.9 Å². The quantitative estimate of drug-likeness (QED) is 0.528. The Balaban J connectivity index is 1.60. The van der Waals surface area contributed by atoms with E-state index in [9.17, 15) is 0 Å². The van der Waals surface area contributed by atoms with Gasteiger partial charge in [-0.25, -0.2) is 9.67 Å². The molecule has 3 rings (SSSR count). The molecule has 0 saturated heterocycles. The van der Waals surface area contributed by atoms with Gasteiger partial charge < -0.3 is 5.32 Å². The van der Waals surface area contributed by atoms with Gasteiger partial charge in [-0.05, 0) is 48.1 Å². The molecule has 0 amide bonds. The molecule has 0 aliphatic rings. The Hall–Kier alpha value is -1.67. The number of hydrogen-bond donors (Lipinski definition) is 2. The van der Waals surface area contributed by atoms with E-state index in [1.807, 2.05) is 36.4 Å². The second-order valence-corrected chi connectivity index (χ2v) is 7.26. The van der Waals surface area contributed by atoms with Crippen LogP contribution >= 0.6 is 51.3 Å². The van der Waals surface area contributed by atoms with Crippen molar-refractivity contribution in [2.75, 3.05) is 10.6 Å². The Morgan fingerprint density at radius 2 is 1.88 bits per heavy atom. The summed E-state index contributed by atoms with van der Waals surface area (Å²) >= 11 is 20.7. The van der Waals surface area contributed by atoms with E-state index in [1.54, 1.807) is 17.1 Å². The molecule has 5 nitrogen and oxygen atoms in total. The summed E-state index contributed by atoms with van der Waals surface area (Å²) in [5.74, 6) is 0.402. The highest BCUT2D eigenvalue weighted by Gasteiger charge is 2.07. The summed E-state index contributed by atoms with van der Waals surface area (Å²) in [6, 6.07) is 13.0. The van der Waals surface area contributed by atoms with Gasteiger partial charge in [-0.2, -0.15) is 0 Å². The van der Waals surface area contributed by atoms with Crippen molar-refractivity contribution < 1.29 is 0 Å². The molecule has 25 heavy (non-hydrogen) atoms. The summed E-state index contributed by atoms with van der Waals surface area (Å²) in [7, 11) is 0. The van der Waals surface area contributed by atoms with Crippen molar-refractivity contribution in [1.29, 1.82) is 0 Å². The lowest BCUT2D eigenvalue weighted by atomic mass is 10.2. The number of halogens is 3. The highest BCUT2D eigenvalue weighted by molar-refractivity contribution is 9.10. The van der Waals surface area contributed by atoms with Crippen LogP contribution in [0, 0.1) is 0 Å². The number of thiocarbonyl (C=S) groups is 1. The van der Waals surface area contributed by atoms with Gasteiger partial charge in [-0.15, -0.1) is 5.10 Å². The molecular formula is C16H12BrCl2N5S. The minimum Gasteiger partial charge on any atom is -0.331 e. The van der Waals surface area contributed by atoms with Gasteiger partial charge in [-0.3, -0.25) is 5.32 Å². The lowest BCUT2D eigenvalue weighted by Crippen LogP contribution is -2.20. The van der Waals surface area contributed by atoms with Crippen LogP contribution in [0.2, 0.25) is 10.0 Å². The maximum absolute atomic E-state index is 6.16. The summed E-state index contributed by atoms with van der Waals surface area (Å²) in [4.78, 5) is 4.19. The van der Waals surface area contributed by atoms with Crippen molar-refractivity contribution in [3.8, 4) is 0 Å². The Labute approximate surface area is 168 Å². The first-order valence-electron chi connectivity index (χ1n) is 7.16. The van der Waals surface area contributed by atoms with E-state index in [4.69, 9.17) is 35.4 Å². The minimum atomic E-state index is 0.355. The van der Waals surface area contributed by atoms with E-state index >= 15 is 0 Å². The van der Waals surface area contributed by atoms with Gasteiger partial charge in [-0.1, -0.05) is 51.3 Å². The largest absolute Gasteiger partial charge is 0.331 e. The van der Waals surface area contributed by atoms with Crippen LogP contribution in [0.1, 0.15) is 5.56 Å².